The van der Waals surface area contributed by atoms with E-state index in [9.17, 15) is 4.79 Å². The van der Waals surface area contributed by atoms with Gasteiger partial charge in [0.2, 0.25) is 0 Å². The second-order valence-electron chi connectivity index (χ2n) is 7.95. The van der Waals surface area contributed by atoms with Gasteiger partial charge in [-0.25, -0.2) is 4.79 Å². The summed E-state index contributed by atoms with van der Waals surface area (Å²) in [6.45, 7) is 2.63. The number of rotatable bonds is 5. The van der Waals surface area contributed by atoms with Crippen LogP contribution < -0.4 is 20.6 Å². The van der Waals surface area contributed by atoms with Crippen molar-refractivity contribution in [3.8, 4) is 5.75 Å². The van der Waals surface area contributed by atoms with E-state index >= 15 is 0 Å². The Morgan fingerprint density at radius 3 is 2.84 bits per heavy atom. The molecule has 5 rings (SSSR count). The minimum Gasteiger partial charge on any atom is -0.497 e. The molecule has 1 aliphatic rings. The number of pyridine rings is 1. The lowest BCUT2D eigenvalue weighted by Crippen LogP contribution is -2.43. The van der Waals surface area contributed by atoms with Crippen LogP contribution in [0.4, 0.5) is 5.69 Å². The van der Waals surface area contributed by atoms with E-state index in [1.54, 1.807) is 19.2 Å². The molecule has 0 amide bonds. The van der Waals surface area contributed by atoms with Gasteiger partial charge in [-0.15, -0.1) is 0 Å². The van der Waals surface area contributed by atoms with E-state index in [4.69, 9.17) is 9.15 Å². The first-order chi connectivity index (χ1) is 15.2. The average molecular weight is 415 g/mol. The molecule has 1 aliphatic heterocycles. The molecule has 2 aromatic heterocycles. The number of fused-ring (bicyclic) bond motifs is 2. The molecule has 31 heavy (non-hydrogen) atoms. The van der Waals surface area contributed by atoms with Crippen molar-refractivity contribution in [2.45, 2.75) is 25.4 Å². The lowest BCUT2D eigenvalue weighted by atomic mass is 10.0. The van der Waals surface area contributed by atoms with Gasteiger partial charge in [-0.3, -0.25) is 4.98 Å². The smallest absolute Gasteiger partial charge is 0.338 e. The van der Waals surface area contributed by atoms with Crippen LogP contribution >= 0.6 is 0 Å². The molecule has 0 saturated carbocycles. The maximum atomic E-state index is 12.4. The van der Waals surface area contributed by atoms with Crippen LogP contribution in [0.5, 0.6) is 5.75 Å². The third kappa shape index (κ3) is 3.99. The first kappa shape index (κ1) is 19.6. The van der Waals surface area contributed by atoms with Gasteiger partial charge in [-0.1, -0.05) is 12.1 Å². The second kappa shape index (κ2) is 8.40. The summed E-state index contributed by atoms with van der Waals surface area (Å²) in [5, 5.41) is 5.44. The monoisotopic (exact) mass is 415 g/mol. The van der Waals surface area contributed by atoms with Gasteiger partial charge in [0.15, 0.2) is 0 Å². The van der Waals surface area contributed by atoms with Gasteiger partial charge in [-0.2, -0.15) is 0 Å². The minimum atomic E-state index is -0.339. The molecule has 0 atom stereocenters. The molecule has 3 heterocycles. The third-order valence-corrected chi connectivity index (χ3v) is 6.01. The van der Waals surface area contributed by atoms with Crippen LogP contribution in [0.3, 0.4) is 0 Å². The van der Waals surface area contributed by atoms with E-state index in [1.165, 1.54) is 5.56 Å². The summed E-state index contributed by atoms with van der Waals surface area (Å²) in [6.07, 6.45) is 3.84. The number of anilines is 1. The van der Waals surface area contributed by atoms with Crippen LogP contribution in [0, 0.1) is 0 Å². The molecule has 1 saturated heterocycles. The highest BCUT2D eigenvalue weighted by Gasteiger charge is 2.24. The number of aromatic nitrogens is 1. The van der Waals surface area contributed by atoms with Crippen LogP contribution in [0.25, 0.3) is 21.9 Å². The van der Waals surface area contributed by atoms with Gasteiger partial charge < -0.3 is 19.4 Å². The zero-order valence-electron chi connectivity index (χ0n) is 17.5. The fraction of sp³-hybridized carbons (Fsp3) is 0.280. The summed E-state index contributed by atoms with van der Waals surface area (Å²) in [6, 6.07) is 17.9. The van der Waals surface area contributed by atoms with Crippen molar-refractivity contribution in [1.82, 2.24) is 10.3 Å². The first-order valence-electron chi connectivity index (χ1n) is 10.6. The van der Waals surface area contributed by atoms with Crippen LogP contribution in [0.15, 0.2) is 70.0 Å². The Bertz CT molecular complexity index is 1280. The third-order valence-electron chi connectivity index (χ3n) is 6.01. The highest BCUT2D eigenvalue weighted by Crippen LogP contribution is 2.33. The Morgan fingerprint density at radius 2 is 2.00 bits per heavy atom. The molecule has 0 radical (unpaired) electrons. The zero-order valence-corrected chi connectivity index (χ0v) is 17.5. The minimum absolute atomic E-state index is 0.321. The molecule has 2 aromatic carbocycles. The number of methoxy groups -OCH3 is 1. The Kier molecular flexibility index (Phi) is 5.30. The number of piperidine rings is 1. The number of hydrogen-bond acceptors (Lipinski definition) is 6. The van der Waals surface area contributed by atoms with E-state index in [1.807, 2.05) is 24.4 Å². The van der Waals surface area contributed by atoms with Crippen molar-refractivity contribution in [3.63, 3.8) is 0 Å². The number of ether oxygens (including phenoxy) is 1. The molecule has 6 nitrogen and oxygen atoms in total. The second-order valence-corrected chi connectivity index (χ2v) is 7.95. The van der Waals surface area contributed by atoms with Gasteiger partial charge >= 0.3 is 5.63 Å². The van der Waals surface area contributed by atoms with Crippen molar-refractivity contribution in [1.29, 1.82) is 0 Å². The van der Waals surface area contributed by atoms with Gasteiger partial charge in [0.25, 0.3) is 0 Å². The van der Waals surface area contributed by atoms with Gasteiger partial charge in [-0.05, 0) is 67.9 Å². The Labute approximate surface area is 180 Å². The molecule has 158 valence electrons. The fourth-order valence-electron chi connectivity index (χ4n) is 4.44. The molecule has 0 aliphatic carbocycles. The fourth-order valence-corrected chi connectivity index (χ4v) is 4.44. The molecule has 0 unspecified atom stereocenters. The normalized spacial score (nSPS) is 14.7. The van der Waals surface area contributed by atoms with E-state index in [0.29, 0.717) is 18.2 Å². The molecule has 6 heteroatoms. The van der Waals surface area contributed by atoms with Gasteiger partial charge in [0, 0.05) is 35.6 Å². The standard InChI is InChI=1S/C25H25N3O3/c1-30-20-5-7-24-21(14-20)23(15-25(29)31-24)28(19-8-11-26-12-9-19)16-17-4-6-22-18(13-17)3-2-10-27-22/h2-7,10,13-15,19,26H,8-9,11-12,16H2,1H3. The predicted octanol–water partition coefficient (Wildman–Crippen LogP) is 4.11. The van der Waals surface area contributed by atoms with E-state index < -0.39 is 0 Å². The Balaban J connectivity index is 1.63. The van der Waals surface area contributed by atoms with E-state index in [-0.39, 0.29) is 5.63 Å². The van der Waals surface area contributed by atoms with Gasteiger partial charge in [0.1, 0.15) is 11.3 Å². The summed E-state index contributed by atoms with van der Waals surface area (Å²) in [4.78, 5) is 19.2. The Morgan fingerprint density at radius 1 is 1.13 bits per heavy atom. The number of nitrogens with zero attached hydrogens (tertiary/aromatic N) is 2. The van der Waals surface area contributed by atoms with Crippen molar-refractivity contribution in [2.75, 3.05) is 25.1 Å². The van der Waals surface area contributed by atoms with E-state index in [2.05, 4.69) is 39.5 Å². The number of hydrogen-bond donors (Lipinski definition) is 1. The number of nitrogens with one attached hydrogen (secondary N) is 1. The quantitative estimate of drug-likeness (QED) is 0.495. The lowest BCUT2D eigenvalue weighted by molar-refractivity contribution is 0.414. The Hall–Kier alpha value is -3.38. The molecule has 0 spiro atoms. The molecule has 0 bridgehead atoms. The lowest BCUT2D eigenvalue weighted by Gasteiger charge is -2.37. The topological polar surface area (TPSA) is 67.6 Å². The molecule has 4 aromatic rings. The largest absolute Gasteiger partial charge is 0.497 e. The summed E-state index contributed by atoms with van der Waals surface area (Å²) >= 11 is 0. The summed E-state index contributed by atoms with van der Waals surface area (Å²) in [5.41, 5.74) is 3.29. The highest BCUT2D eigenvalue weighted by molar-refractivity contribution is 5.91. The first-order valence-corrected chi connectivity index (χ1v) is 10.6. The predicted molar refractivity (Wildman–Crippen MR) is 123 cm³/mol. The maximum absolute atomic E-state index is 12.4. The summed E-state index contributed by atoms with van der Waals surface area (Å²) < 4.78 is 10.9. The van der Waals surface area contributed by atoms with Gasteiger partial charge in [0.05, 0.1) is 18.3 Å². The zero-order chi connectivity index (χ0) is 21.2. The van der Waals surface area contributed by atoms with Crippen molar-refractivity contribution >= 4 is 27.6 Å². The van der Waals surface area contributed by atoms with E-state index in [0.717, 1.165) is 53.7 Å². The van der Waals surface area contributed by atoms with Crippen molar-refractivity contribution < 1.29 is 9.15 Å². The SMILES string of the molecule is COc1ccc2oc(=O)cc(N(Cc3ccc4ncccc4c3)C3CCNCC3)c2c1. The average Bonchev–Trinajstić information content (AvgIpc) is 2.82. The maximum Gasteiger partial charge on any atom is 0.338 e. The van der Waals surface area contributed by atoms with Crippen molar-refractivity contribution in [2.24, 2.45) is 0 Å². The van der Waals surface area contributed by atoms with Crippen LogP contribution in [-0.4, -0.2) is 31.2 Å². The van der Waals surface area contributed by atoms with Crippen LogP contribution in [0.1, 0.15) is 18.4 Å². The summed E-state index contributed by atoms with van der Waals surface area (Å²) in [7, 11) is 1.65. The molecular formula is C25H25N3O3. The summed E-state index contributed by atoms with van der Waals surface area (Å²) in [5.74, 6) is 0.740. The van der Waals surface area contributed by atoms with Crippen LogP contribution in [-0.2, 0) is 6.54 Å². The molecular weight excluding hydrogens is 390 g/mol. The van der Waals surface area contributed by atoms with Crippen molar-refractivity contribution in [3.05, 3.63) is 76.8 Å². The molecule has 1 fully saturated rings. The molecule has 1 N–H and O–H groups in total. The highest BCUT2D eigenvalue weighted by atomic mass is 16.5. The van der Waals surface area contributed by atoms with Crippen LogP contribution in [0.2, 0.25) is 0 Å². The number of benzene rings is 2.